The fourth-order valence-corrected chi connectivity index (χ4v) is 4.04. The van der Waals surface area contributed by atoms with E-state index in [-0.39, 0.29) is 31.4 Å². The summed E-state index contributed by atoms with van der Waals surface area (Å²) in [6.07, 6.45) is -5.04. The van der Waals surface area contributed by atoms with Gasteiger partial charge in [-0.15, -0.1) is 0 Å². The van der Waals surface area contributed by atoms with Crippen LogP contribution in [0.25, 0.3) is 0 Å². The molecule has 2 aromatic rings. The molecule has 1 aliphatic rings. The first-order chi connectivity index (χ1) is 15.7. The van der Waals surface area contributed by atoms with Crippen molar-refractivity contribution in [3.63, 3.8) is 0 Å². The van der Waals surface area contributed by atoms with Gasteiger partial charge < -0.3 is 53.8 Å². The first-order valence-electron chi connectivity index (χ1n) is 10.7. The Balaban J connectivity index is 0.00000306. The van der Waals surface area contributed by atoms with Gasteiger partial charge in [0.15, 0.2) is 11.5 Å². The largest absolute Gasteiger partial charge is 1.00 e. The van der Waals surface area contributed by atoms with Crippen LogP contribution < -0.4 is 53.6 Å². The summed E-state index contributed by atoms with van der Waals surface area (Å²) in [5.41, 5.74) is 0.0248. The van der Waals surface area contributed by atoms with E-state index in [0.717, 1.165) is 24.1 Å². The zero-order chi connectivity index (χ0) is 24.0. The molecule has 3 rings (SSSR count). The zero-order valence-electron chi connectivity index (χ0n) is 19.8. The molecule has 0 amide bonds. The number of benzene rings is 2. The number of ether oxygens (including phenoxy) is 4. The van der Waals surface area contributed by atoms with Crippen molar-refractivity contribution in [3.8, 4) is 23.0 Å². The molecule has 1 saturated heterocycles. The number of methoxy groups -OCH3 is 3. The van der Waals surface area contributed by atoms with Gasteiger partial charge in [0.2, 0.25) is 5.75 Å². The van der Waals surface area contributed by atoms with Crippen molar-refractivity contribution in [2.24, 2.45) is 0 Å². The molecular weight excluding hydrogens is 512 g/mol. The lowest BCUT2D eigenvalue weighted by molar-refractivity contribution is -0.988. The maximum absolute atomic E-state index is 13.0. The van der Waals surface area contributed by atoms with E-state index in [9.17, 15) is 18.3 Å². The molecule has 0 spiro atoms. The summed E-state index contributed by atoms with van der Waals surface area (Å²) < 4.78 is 60.6. The number of piperazine rings is 1. The molecule has 1 aliphatic heterocycles. The quantitative estimate of drug-likeness (QED) is 0.295. The molecular formula is C23H31Cl2F3N2O5. The Labute approximate surface area is 215 Å². The predicted molar refractivity (Wildman–Crippen MR) is 115 cm³/mol. The monoisotopic (exact) mass is 542 g/mol. The Morgan fingerprint density at radius 1 is 0.914 bits per heavy atom. The van der Waals surface area contributed by atoms with E-state index in [1.165, 1.54) is 38.4 Å². The molecule has 0 aromatic heterocycles. The predicted octanol–water partition coefficient (Wildman–Crippen LogP) is -5.41. The Morgan fingerprint density at radius 3 is 2.03 bits per heavy atom. The molecule has 0 saturated carbocycles. The van der Waals surface area contributed by atoms with Crippen LogP contribution in [-0.4, -0.2) is 71.9 Å². The van der Waals surface area contributed by atoms with Crippen LogP contribution in [0, 0.1) is 0 Å². The van der Waals surface area contributed by atoms with Gasteiger partial charge in [-0.05, 0) is 12.1 Å². The second kappa shape index (κ2) is 13.8. The molecule has 7 nitrogen and oxygen atoms in total. The van der Waals surface area contributed by atoms with Gasteiger partial charge in [-0.1, -0.05) is 6.07 Å². The highest BCUT2D eigenvalue weighted by molar-refractivity contribution is 5.55. The fraction of sp³-hybridized carbons (Fsp3) is 0.478. The molecule has 2 aromatic carbocycles. The summed E-state index contributed by atoms with van der Waals surface area (Å²) in [5, 5.41) is 10.5. The number of hydrogen-bond donors (Lipinski definition) is 3. The Morgan fingerprint density at radius 2 is 1.51 bits per heavy atom. The number of nitrogens with one attached hydrogen (secondary N) is 2. The van der Waals surface area contributed by atoms with Crippen LogP contribution in [0.3, 0.4) is 0 Å². The fourth-order valence-electron chi connectivity index (χ4n) is 4.04. The SMILES string of the molecule is COc1cc(OCC(O)C[NH+]2CC[NH+](c3cccc(C(F)(F)F)c3)CC2)cc(OC)c1OC.[Cl-].[Cl-]. The van der Waals surface area contributed by atoms with Crippen LogP contribution in [0.2, 0.25) is 0 Å². The second-order valence-electron chi connectivity index (χ2n) is 7.96. The second-order valence-corrected chi connectivity index (χ2v) is 7.96. The number of hydrogen-bond acceptors (Lipinski definition) is 5. The van der Waals surface area contributed by atoms with Crippen molar-refractivity contribution in [1.29, 1.82) is 0 Å². The number of aliphatic hydroxyl groups excluding tert-OH is 1. The van der Waals surface area contributed by atoms with Crippen LogP contribution in [0.5, 0.6) is 23.0 Å². The summed E-state index contributed by atoms with van der Waals surface area (Å²) >= 11 is 0. The number of halogens is 5. The van der Waals surface area contributed by atoms with Crippen LogP contribution in [0.4, 0.5) is 18.9 Å². The molecule has 0 radical (unpaired) electrons. The topological polar surface area (TPSA) is 66.0 Å². The molecule has 1 unspecified atom stereocenters. The maximum atomic E-state index is 13.0. The third kappa shape index (κ3) is 8.22. The molecule has 1 fully saturated rings. The average molecular weight is 543 g/mol. The Kier molecular flexibility index (Phi) is 12.2. The minimum atomic E-state index is -4.34. The van der Waals surface area contributed by atoms with Crippen LogP contribution >= 0.6 is 0 Å². The molecule has 35 heavy (non-hydrogen) atoms. The summed E-state index contributed by atoms with van der Waals surface area (Å²) in [7, 11) is 4.54. The number of rotatable bonds is 9. The highest BCUT2D eigenvalue weighted by Crippen LogP contribution is 2.40. The van der Waals surface area contributed by atoms with Gasteiger partial charge in [0.05, 0.1) is 26.9 Å². The summed E-state index contributed by atoms with van der Waals surface area (Å²) in [6.45, 7) is 3.44. The maximum Gasteiger partial charge on any atom is 0.416 e. The lowest BCUT2D eigenvalue weighted by atomic mass is 10.1. The van der Waals surface area contributed by atoms with Gasteiger partial charge in [-0.25, -0.2) is 0 Å². The molecule has 198 valence electrons. The van der Waals surface area contributed by atoms with Crippen molar-refractivity contribution in [1.82, 2.24) is 0 Å². The molecule has 3 N–H and O–H groups in total. The van der Waals surface area contributed by atoms with E-state index >= 15 is 0 Å². The Bertz CT molecular complexity index is 903. The van der Waals surface area contributed by atoms with E-state index in [1.54, 1.807) is 18.2 Å². The number of alkyl halides is 3. The van der Waals surface area contributed by atoms with Crippen molar-refractivity contribution in [2.45, 2.75) is 12.3 Å². The average Bonchev–Trinajstić information content (AvgIpc) is 2.82. The van der Waals surface area contributed by atoms with Crippen molar-refractivity contribution < 1.29 is 71.8 Å². The number of quaternary nitrogens is 2. The van der Waals surface area contributed by atoms with Crippen LogP contribution in [0.15, 0.2) is 36.4 Å². The smallest absolute Gasteiger partial charge is 0.416 e. The molecule has 0 bridgehead atoms. The van der Waals surface area contributed by atoms with Gasteiger partial charge in [-0.3, -0.25) is 4.90 Å². The van der Waals surface area contributed by atoms with E-state index < -0.39 is 17.8 Å². The lowest BCUT2D eigenvalue weighted by Gasteiger charge is -2.30. The standard InChI is InChI=1S/C23H29F3N2O5.2ClH/c1-30-20-12-19(13-21(31-2)22(20)32-3)33-15-18(29)14-27-7-9-28(10-8-27)17-6-4-5-16(11-17)23(24,25)26;;/h4-6,11-13,18,29H,7-10,14-15H2,1-3H3;2*1H. The minimum absolute atomic E-state index is 0. The summed E-state index contributed by atoms with van der Waals surface area (Å²) in [4.78, 5) is 2.21. The van der Waals surface area contributed by atoms with Gasteiger partial charge in [0, 0.05) is 18.2 Å². The normalized spacial score (nSPS) is 18.5. The lowest BCUT2D eigenvalue weighted by Crippen LogP contribution is -3.26. The zero-order valence-corrected chi connectivity index (χ0v) is 21.3. The minimum Gasteiger partial charge on any atom is -1.00 e. The molecule has 12 heteroatoms. The summed E-state index contributed by atoms with van der Waals surface area (Å²) in [5.74, 6) is 1.86. The first kappa shape index (κ1) is 30.9. The molecule has 0 aliphatic carbocycles. The summed E-state index contributed by atoms with van der Waals surface area (Å²) in [6, 6.07) is 8.83. The highest BCUT2D eigenvalue weighted by atomic mass is 35.5. The first-order valence-corrected chi connectivity index (χ1v) is 10.7. The van der Waals surface area contributed by atoms with E-state index in [4.69, 9.17) is 18.9 Å². The Hall–Kier alpha value is -2.11. The van der Waals surface area contributed by atoms with Gasteiger partial charge in [0.1, 0.15) is 56.9 Å². The van der Waals surface area contributed by atoms with Crippen molar-refractivity contribution >= 4 is 5.69 Å². The third-order valence-electron chi connectivity index (χ3n) is 5.76. The van der Waals surface area contributed by atoms with E-state index in [0.29, 0.717) is 48.3 Å². The highest BCUT2D eigenvalue weighted by Gasteiger charge is 2.33. The van der Waals surface area contributed by atoms with Gasteiger partial charge in [-0.2, -0.15) is 13.2 Å². The van der Waals surface area contributed by atoms with Gasteiger partial charge in [0.25, 0.3) is 0 Å². The molecule has 1 atom stereocenters. The van der Waals surface area contributed by atoms with E-state index in [1.807, 2.05) is 0 Å². The van der Waals surface area contributed by atoms with E-state index in [2.05, 4.69) is 0 Å². The van der Waals surface area contributed by atoms with Crippen LogP contribution in [0.1, 0.15) is 5.56 Å². The number of aliphatic hydroxyl groups is 1. The molecule has 1 heterocycles. The van der Waals surface area contributed by atoms with Gasteiger partial charge >= 0.3 is 6.18 Å². The third-order valence-corrected chi connectivity index (χ3v) is 5.76. The van der Waals surface area contributed by atoms with Crippen molar-refractivity contribution in [2.75, 3.05) is 60.7 Å². The van der Waals surface area contributed by atoms with Crippen molar-refractivity contribution in [3.05, 3.63) is 42.0 Å². The van der Waals surface area contributed by atoms with Crippen LogP contribution in [-0.2, 0) is 6.18 Å².